The highest BCUT2D eigenvalue weighted by atomic mass is 16.5. The quantitative estimate of drug-likeness (QED) is 0.492. The fraction of sp³-hybridized carbons (Fsp3) is 0.500. The van der Waals surface area contributed by atoms with E-state index < -0.39 is 0 Å². The highest BCUT2D eigenvalue weighted by molar-refractivity contribution is 5.30. The van der Waals surface area contributed by atoms with Crippen LogP contribution in [0, 0.1) is 0 Å². The second kappa shape index (κ2) is 9.66. The fourth-order valence-electron chi connectivity index (χ4n) is 3.72. The zero-order chi connectivity index (χ0) is 18.2. The van der Waals surface area contributed by atoms with E-state index in [-0.39, 0.29) is 0 Å². The summed E-state index contributed by atoms with van der Waals surface area (Å²) in [5.74, 6) is 3.19. The third kappa shape index (κ3) is 5.27. The zero-order valence-electron chi connectivity index (χ0n) is 16.2. The van der Waals surface area contributed by atoms with E-state index in [2.05, 4.69) is 62.4 Å². The van der Waals surface area contributed by atoms with Gasteiger partial charge in [-0.15, -0.1) is 0 Å². The van der Waals surface area contributed by atoms with Crippen LogP contribution in [0.4, 0.5) is 0 Å². The molecular formula is C24H32O2. The maximum atomic E-state index is 5.82. The van der Waals surface area contributed by atoms with Crippen LogP contribution in [0.15, 0.2) is 48.5 Å². The molecule has 0 heterocycles. The van der Waals surface area contributed by atoms with Gasteiger partial charge in [-0.05, 0) is 66.5 Å². The van der Waals surface area contributed by atoms with E-state index in [1.807, 2.05) is 0 Å². The first kappa shape index (κ1) is 18.8. The molecule has 1 fully saturated rings. The van der Waals surface area contributed by atoms with Crippen molar-refractivity contribution in [3.05, 3.63) is 59.7 Å². The Hall–Kier alpha value is -1.96. The maximum Gasteiger partial charge on any atom is 0.122 e. The molecule has 2 aromatic rings. The molecule has 0 aromatic heterocycles. The predicted molar refractivity (Wildman–Crippen MR) is 108 cm³/mol. The van der Waals surface area contributed by atoms with Gasteiger partial charge in [-0.1, -0.05) is 57.4 Å². The number of benzene rings is 2. The molecule has 1 aliphatic carbocycles. The molecule has 2 heteroatoms. The molecule has 0 saturated heterocycles. The normalized spacial score (nSPS) is 16.2. The van der Waals surface area contributed by atoms with Crippen molar-refractivity contribution in [3.63, 3.8) is 0 Å². The summed E-state index contributed by atoms with van der Waals surface area (Å²) in [4.78, 5) is 0. The van der Waals surface area contributed by atoms with Gasteiger partial charge in [-0.2, -0.15) is 0 Å². The molecule has 1 aliphatic rings. The molecule has 0 N–H and O–H groups in total. The summed E-state index contributed by atoms with van der Waals surface area (Å²) in [6.07, 6.45) is 7.98. The second-order valence-corrected chi connectivity index (χ2v) is 7.48. The fourth-order valence-corrected chi connectivity index (χ4v) is 3.72. The van der Waals surface area contributed by atoms with Crippen LogP contribution < -0.4 is 9.47 Å². The van der Waals surface area contributed by atoms with Gasteiger partial charge in [0.25, 0.3) is 0 Å². The first-order chi connectivity index (χ1) is 12.8. The summed E-state index contributed by atoms with van der Waals surface area (Å²) in [6.45, 7) is 5.60. The van der Waals surface area contributed by atoms with Gasteiger partial charge in [0.05, 0.1) is 0 Å². The van der Waals surface area contributed by atoms with Gasteiger partial charge >= 0.3 is 0 Å². The van der Waals surface area contributed by atoms with Crippen molar-refractivity contribution in [3.8, 4) is 11.5 Å². The van der Waals surface area contributed by atoms with Crippen molar-refractivity contribution >= 4 is 0 Å². The summed E-state index contributed by atoms with van der Waals surface area (Å²) in [6, 6.07) is 17.1. The minimum atomic E-state index is 0.563. The lowest BCUT2D eigenvalue weighted by atomic mass is 9.84. The van der Waals surface area contributed by atoms with Crippen molar-refractivity contribution in [1.29, 1.82) is 0 Å². The van der Waals surface area contributed by atoms with Crippen molar-refractivity contribution in [2.45, 2.75) is 64.2 Å². The third-order valence-corrected chi connectivity index (χ3v) is 5.64. The lowest BCUT2D eigenvalue weighted by Gasteiger charge is -2.22. The molecule has 0 spiro atoms. The zero-order valence-corrected chi connectivity index (χ0v) is 16.2. The van der Waals surface area contributed by atoms with Crippen molar-refractivity contribution in [2.24, 2.45) is 0 Å². The summed E-state index contributed by atoms with van der Waals surface area (Å²) < 4.78 is 11.6. The Morgan fingerprint density at radius 3 is 1.88 bits per heavy atom. The summed E-state index contributed by atoms with van der Waals surface area (Å²) >= 11 is 0. The highest BCUT2D eigenvalue weighted by Gasteiger charge is 2.15. The monoisotopic (exact) mass is 352 g/mol. The molecule has 3 rings (SSSR count). The lowest BCUT2D eigenvalue weighted by Crippen LogP contribution is -2.09. The Bertz CT molecular complexity index is 639. The SMILES string of the molecule is CCC(C)c1ccc(OCCOc2ccc(C3CCCCC3)cc2)cc1. The minimum absolute atomic E-state index is 0.563. The van der Waals surface area contributed by atoms with Crippen LogP contribution in [0.1, 0.15) is 75.3 Å². The minimum Gasteiger partial charge on any atom is -0.490 e. The number of hydrogen-bond donors (Lipinski definition) is 0. The van der Waals surface area contributed by atoms with Crippen LogP contribution in [0.2, 0.25) is 0 Å². The summed E-state index contributed by atoms with van der Waals surface area (Å²) in [5, 5.41) is 0. The molecule has 0 bridgehead atoms. The lowest BCUT2D eigenvalue weighted by molar-refractivity contribution is 0.217. The van der Waals surface area contributed by atoms with E-state index in [9.17, 15) is 0 Å². The van der Waals surface area contributed by atoms with E-state index in [4.69, 9.17) is 9.47 Å². The van der Waals surface area contributed by atoms with Gasteiger partial charge in [0.1, 0.15) is 24.7 Å². The van der Waals surface area contributed by atoms with Gasteiger partial charge in [0.2, 0.25) is 0 Å². The molecule has 0 amide bonds. The van der Waals surface area contributed by atoms with Crippen molar-refractivity contribution in [2.75, 3.05) is 13.2 Å². The Morgan fingerprint density at radius 2 is 1.35 bits per heavy atom. The molecular weight excluding hydrogens is 320 g/mol. The van der Waals surface area contributed by atoms with E-state index in [0.717, 1.165) is 23.8 Å². The van der Waals surface area contributed by atoms with Gasteiger partial charge in [-0.3, -0.25) is 0 Å². The van der Waals surface area contributed by atoms with Gasteiger partial charge < -0.3 is 9.47 Å². The van der Waals surface area contributed by atoms with Crippen molar-refractivity contribution in [1.82, 2.24) is 0 Å². The molecule has 1 saturated carbocycles. The predicted octanol–water partition coefficient (Wildman–Crippen LogP) is 6.71. The third-order valence-electron chi connectivity index (χ3n) is 5.64. The average Bonchev–Trinajstić information content (AvgIpc) is 2.72. The van der Waals surface area contributed by atoms with Crippen LogP contribution in [0.3, 0.4) is 0 Å². The molecule has 1 atom stereocenters. The number of hydrogen-bond acceptors (Lipinski definition) is 2. The Balaban J connectivity index is 1.40. The van der Waals surface area contributed by atoms with Crippen molar-refractivity contribution < 1.29 is 9.47 Å². The van der Waals surface area contributed by atoms with E-state index in [1.165, 1.54) is 43.2 Å². The highest BCUT2D eigenvalue weighted by Crippen LogP contribution is 2.33. The van der Waals surface area contributed by atoms with Gasteiger partial charge in [-0.25, -0.2) is 0 Å². The second-order valence-electron chi connectivity index (χ2n) is 7.48. The largest absolute Gasteiger partial charge is 0.490 e. The van der Waals surface area contributed by atoms with E-state index >= 15 is 0 Å². The molecule has 0 radical (unpaired) electrons. The average molecular weight is 353 g/mol. The van der Waals surface area contributed by atoms with E-state index in [0.29, 0.717) is 19.1 Å². The van der Waals surface area contributed by atoms with Crippen LogP contribution >= 0.6 is 0 Å². The maximum absolute atomic E-state index is 5.82. The summed E-state index contributed by atoms with van der Waals surface area (Å²) in [7, 11) is 0. The molecule has 1 unspecified atom stereocenters. The Kier molecular flexibility index (Phi) is 6.99. The first-order valence-corrected chi connectivity index (χ1v) is 10.2. The van der Waals surface area contributed by atoms with Crippen LogP contribution in [-0.2, 0) is 0 Å². The molecule has 2 nitrogen and oxygen atoms in total. The molecule has 140 valence electrons. The topological polar surface area (TPSA) is 18.5 Å². The number of rotatable bonds is 8. The van der Waals surface area contributed by atoms with E-state index in [1.54, 1.807) is 0 Å². The van der Waals surface area contributed by atoms with Crippen LogP contribution in [-0.4, -0.2) is 13.2 Å². The standard InChI is InChI=1S/C24H32O2/c1-3-19(2)20-9-13-23(14-10-20)25-17-18-26-24-15-11-22(12-16-24)21-7-5-4-6-8-21/h9-16,19,21H,3-8,17-18H2,1-2H3. The smallest absolute Gasteiger partial charge is 0.122 e. The van der Waals surface area contributed by atoms with Crippen LogP contribution in [0.25, 0.3) is 0 Å². The molecule has 26 heavy (non-hydrogen) atoms. The first-order valence-electron chi connectivity index (χ1n) is 10.2. The van der Waals surface area contributed by atoms with Gasteiger partial charge in [0, 0.05) is 0 Å². The molecule has 0 aliphatic heterocycles. The van der Waals surface area contributed by atoms with Crippen LogP contribution in [0.5, 0.6) is 11.5 Å². The Morgan fingerprint density at radius 1 is 0.808 bits per heavy atom. The summed E-state index contributed by atoms with van der Waals surface area (Å²) in [5.41, 5.74) is 2.84. The Labute approximate surface area is 158 Å². The molecule has 2 aromatic carbocycles. The van der Waals surface area contributed by atoms with Gasteiger partial charge in [0.15, 0.2) is 0 Å². The number of ether oxygens (including phenoxy) is 2.